The molecule has 0 spiro atoms. The van der Waals surface area contributed by atoms with Crippen molar-refractivity contribution >= 4 is 17.8 Å². The van der Waals surface area contributed by atoms with E-state index in [0.717, 1.165) is 0 Å². The van der Waals surface area contributed by atoms with Gasteiger partial charge < -0.3 is 15.7 Å². The highest BCUT2D eigenvalue weighted by Crippen LogP contribution is 1.99. The second-order valence-electron chi connectivity index (χ2n) is 4.37. The van der Waals surface area contributed by atoms with Gasteiger partial charge in [0.05, 0.1) is 6.54 Å². The van der Waals surface area contributed by atoms with Gasteiger partial charge in [-0.15, -0.1) is 6.58 Å². The van der Waals surface area contributed by atoms with Gasteiger partial charge in [0.1, 0.15) is 6.04 Å². The Morgan fingerprint density at radius 2 is 1.90 bits per heavy atom. The van der Waals surface area contributed by atoms with Crippen LogP contribution < -0.4 is 10.6 Å². The minimum absolute atomic E-state index is 0.261. The van der Waals surface area contributed by atoms with E-state index < -0.39 is 17.9 Å². The first-order valence-corrected chi connectivity index (χ1v) is 6.51. The van der Waals surface area contributed by atoms with Crippen LogP contribution in [0.25, 0.3) is 0 Å². The molecule has 0 aromatic heterocycles. The number of rotatable bonds is 8. The third-order valence-electron chi connectivity index (χ3n) is 2.74. The number of carboxylic acids is 1. The Morgan fingerprint density at radius 3 is 2.48 bits per heavy atom. The Bertz CT molecular complexity index is 514. The molecule has 0 bridgehead atoms. The molecule has 1 aromatic carbocycles. The van der Waals surface area contributed by atoms with Crippen molar-refractivity contribution in [1.29, 1.82) is 0 Å². The third-order valence-corrected chi connectivity index (χ3v) is 2.74. The van der Waals surface area contributed by atoms with Gasteiger partial charge in [0.25, 0.3) is 5.91 Å². The molecule has 6 heteroatoms. The molecule has 0 aliphatic rings. The number of nitrogens with one attached hydrogen (secondary N) is 2. The molecule has 6 nitrogen and oxygen atoms in total. The van der Waals surface area contributed by atoms with Crippen LogP contribution in [0.2, 0.25) is 0 Å². The van der Waals surface area contributed by atoms with Gasteiger partial charge in [-0.25, -0.2) is 4.79 Å². The number of carbonyl (C=O) groups is 3. The first-order valence-electron chi connectivity index (χ1n) is 6.51. The zero-order valence-corrected chi connectivity index (χ0v) is 11.5. The van der Waals surface area contributed by atoms with E-state index in [0.29, 0.717) is 12.0 Å². The van der Waals surface area contributed by atoms with E-state index >= 15 is 0 Å². The lowest BCUT2D eigenvalue weighted by Gasteiger charge is -2.13. The van der Waals surface area contributed by atoms with Crippen molar-refractivity contribution < 1.29 is 19.5 Å². The van der Waals surface area contributed by atoms with Crippen LogP contribution in [0.1, 0.15) is 23.2 Å². The van der Waals surface area contributed by atoms with Gasteiger partial charge in [-0.3, -0.25) is 9.59 Å². The standard InChI is InChI=1S/C15H18N2O4/c1-2-3-9-12(15(20)21)17-13(18)10-16-14(19)11-7-5-4-6-8-11/h2,4-8,12H,1,3,9-10H2,(H,16,19)(H,17,18)(H,20,21)/t12-/m1/s1. The van der Waals surface area contributed by atoms with Gasteiger partial charge in [-0.1, -0.05) is 24.3 Å². The van der Waals surface area contributed by atoms with Gasteiger partial charge in [0.2, 0.25) is 5.91 Å². The summed E-state index contributed by atoms with van der Waals surface area (Å²) >= 11 is 0. The molecule has 3 N–H and O–H groups in total. The van der Waals surface area contributed by atoms with Crippen LogP contribution in [0, 0.1) is 0 Å². The molecular formula is C15H18N2O4. The van der Waals surface area contributed by atoms with Crippen molar-refractivity contribution in [2.75, 3.05) is 6.54 Å². The quantitative estimate of drug-likeness (QED) is 0.621. The minimum atomic E-state index is -1.11. The highest BCUT2D eigenvalue weighted by Gasteiger charge is 2.19. The van der Waals surface area contributed by atoms with Gasteiger partial charge in [0.15, 0.2) is 0 Å². The number of amides is 2. The lowest BCUT2D eigenvalue weighted by molar-refractivity contribution is -0.141. The van der Waals surface area contributed by atoms with Crippen LogP contribution in [0.5, 0.6) is 0 Å². The maximum absolute atomic E-state index is 11.7. The SMILES string of the molecule is C=CCC[C@@H](NC(=O)CNC(=O)c1ccccc1)C(=O)O. The molecule has 21 heavy (non-hydrogen) atoms. The fraction of sp³-hybridized carbons (Fsp3) is 0.267. The maximum Gasteiger partial charge on any atom is 0.326 e. The normalized spacial score (nSPS) is 11.2. The number of benzene rings is 1. The number of carboxylic acid groups (broad SMARTS) is 1. The van der Waals surface area contributed by atoms with E-state index in [9.17, 15) is 14.4 Å². The number of hydrogen-bond acceptors (Lipinski definition) is 3. The van der Waals surface area contributed by atoms with Crippen LogP contribution >= 0.6 is 0 Å². The van der Waals surface area contributed by atoms with E-state index in [1.165, 1.54) is 0 Å². The predicted octanol–water partition coefficient (Wildman–Crippen LogP) is 0.952. The maximum atomic E-state index is 11.7. The summed E-state index contributed by atoms with van der Waals surface area (Å²) in [5, 5.41) is 13.8. The number of aliphatic carboxylic acids is 1. The van der Waals surface area contributed by atoms with Crippen LogP contribution in [0.4, 0.5) is 0 Å². The average Bonchev–Trinajstić information content (AvgIpc) is 2.49. The zero-order valence-electron chi connectivity index (χ0n) is 11.5. The highest BCUT2D eigenvalue weighted by atomic mass is 16.4. The van der Waals surface area contributed by atoms with Gasteiger partial charge in [0, 0.05) is 5.56 Å². The fourth-order valence-electron chi connectivity index (χ4n) is 1.64. The van der Waals surface area contributed by atoms with Crippen LogP contribution in [-0.2, 0) is 9.59 Å². The molecule has 1 aromatic rings. The number of hydrogen-bond donors (Lipinski definition) is 3. The number of allylic oxidation sites excluding steroid dienone is 1. The first kappa shape index (κ1) is 16.4. The molecule has 0 unspecified atom stereocenters. The van der Waals surface area contributed by atoms with E-state index in [1.807, 2.05) is 0 Å². The Labute approximate surface area is 122 Å². The Balaban J connectivity index is 2.44. The molecule has 1 rings (SSSR count). The summed E-state index contributed by atoms with van der Waals surface area (Å²) in [4.78, 5) is 34.3. The molecule has 0 fully saturated rings. The highest BCUT2D eigenvalue weighted by molar-refractivity contribution is 5.96. The van der Waals surface area contributed by atoms with Gasteiger partial charge in [-0.05, 0) is 25.0 Å². The summed E-state index contributed by atoms with van der Waals surface area (Å²) < 4.78 is 0. The third kappa shape index (κ3) is 5.90. The molecule has 0 saturated carbocycles. The molecule has 0 aliphatic carbocycles. The predicted molar refractivity (Wildman–Crippen MR) is 77.8 cm³/mol. The summed E-state index contributed by atoms with van der Waals surface area (Å²) in [5.41, 5.74) is 0.437. The summed E-state index contributed by atoms with van der Waals surface area (Å²) in [6, 6.07) is 7.47. The van der Waals surface area contributed by atoms with Crippen molar-refractivity contribution in [2.24, 2.45) is 0 Å². The molecule has 2 amide bonds. The van der Waals surface area contributed by atoms with Crippen molar-refractivity contribution in [1.82, 2.24) is 10.6 Å². The second kappa shape index (κ2) is 8.52. The fourth-order valence-corrected chi connectivity index (χ4v) is 1.64. The average molecular weight is 290 g/mol. The molecule has 0 aliphatic heterocycles. The van der Waals surface area contributed by atoms with Crippen LogP contribution in [0.3, 0.4) is 0 Å². The number of carbonyl (C=O) groups excluding carboxylic acids is 2. The Hall–Kier alpha value is -2.63. The van der Waals surface area contributed by atoms with Crippen molar-refractivity contribution in [3.63, 3.8) is 0 Å². The Morgan fingerprint density at radius 1 is 1.24 bits per heavy atom. The molecule has 0 radical (unpaired) electrons. The molecule has 1 atom stereocenters. The molecule has 0 heterocycles. The minimum Gasteiger partial charge on any atom is -0.480 e. The monoisotopic (exact) mass is 290 g/mol. The van der Waals surface area contributed by atoms with Crippen molar-refractivity contribution in [3.8, 4) is 0 Å². The topological polar surface area (TPSA) is 95.5 Å². The summed E-state index contributed by atoms with van der Waals surface area (Å²) in [5.74, 6) is -2.04. The zero-order chi connectivity index (χ0) is 15.7. The Kier molecular flexibility index (Phi) is 6.67. The lowest BCUT2D eigenvalue weighted by atomic mass is 10.1. The van der Waals surface area contributed by atoms with E-state index in [-0.39, 0.29) is 18.9 Å². The molecule has 0 saturated heterocycles. The smallest absolute Gasteiger partial charge is 0.326 e. The van der Waals surface area contributed by atoms with Crippen molar-refractivity contribution in [3.05, 3.63) is 48.6 Å². The summed E-state index contributed by atoms with van der Waals surface area (Å²) in [7, 11) is 0. The van der Waals surface area contributed by atoms with Crippen LogP contribution in [0.15, 0.2) is 43.0 Å². The molecular weight excluding hydrogens is 272 g/mol. The van der Waals surface area contributed by atoms with E-state index in [2.05, 4.69) is 17.2 Å². The lowest BCUT2D eigenvalue weighted by Crippen LogP contribution is -2.45. The second-order valence-corrected chi connectivity index (χ2v) is 4.37. The summed E-state index contributed by atoms with van der Waals surface area (Å²) in [6.45, 7) is 3.23. The van der Waals surface area contributed by atoms with E-state index in [4.69, 9.17) is 5.11 Å². The van der Waals surface area contributed by atoms with E-state index in [1.54, 1.807) is 36.4 Å². The largest absolute Gasteiger partial charge is 0.480 e. The van der Waals surface area contributed by atoms with Crippen LogP contribution in [-0.4, -0.2) is 35.5 Å². The summed E-state index contributed by atoms with van der Waals surface area (Å²) in [6.07, 6.45) is 2.32. The first-order chi connectivity index (χ1) is 10.0. The van der Waals surface area contributed by atoms with Gasteiger partial charge >= 0.3 is 5.97 Å². The van der Waals surface area contributed by atoms with Crippen molar-refractivity contribution in [2.45, 2.75) is 18.9 Å². The molecule has 112 valence electrons. The van der Waals surface area contributed by atoms with Gasteiger partial charge in [-0.2, -0.15) is 0 Å².